The van der Waals surface area contributed by atoms with Crippen molar-refractivity contribution < 1.29 is 19.0 Å². The van der Waals surface area contributed by atoms with Gasteiger partial charge in [0.05, 0.1) is 21.3 Å². The first kappa shape index (κ1) is 12.6. The second kappa shape index (κ2) is 5.58. The summed E-state index contributed by atoms with van der Waals surface area (Å²) in [6.45, 7) is 1.83. The highest BCUT2D eigenvalue weighted by atomic mass is 16.6. The fraction of sp³-hybridized carbons (Fsp3) is 0.455. The molecule has 0 saturated carbocycles. The number of methoxy groups -OCH3 is 3. The molecule has 0 amide bonds. The molecule has 0 saturated heterocycles. The molecule has 0 fully saturated rings. The third kappa shape index (κ3) is 2.37. The van der Waals surface area contributed by atoms with Gasteiger partial charge < -0.3 is 14.2 Å². The summed E-state index contributed by atoms with van der Waals surface area (Å²) in [6.07, 6.45) is -0.242. The zero-order valence-electron chi connectivity index (χ0n) is 9.94. The van der Waals surface area contributed by atoms with Crippen molar-refractivity contribution in [2.45, 2.75) is 13.0 Å². The average Bonchev–Trinajstić information content (AvgIpc) is 2.35. The predicted molar refractivity (Wildman–Crippen MR) is 59.8 cm³/mol. The highest BCUT2D eigenvalue weighted by Gasteiger charge is 2.16. The predicted octanol–water partition coefficient (Wildman–Crippen LogP) is 1.66. The van der Waals surface area contributed by atoms with E-state index in [0.717, 1.165) is 5.56 Å². The first-order valence-corrected chi connectivity index (χ1v) is 4.83. The van der Waals surface area contributed by atoms with Crippen LogP contribution in [0.3, 0.4) is 0 Å². The zero-order valence-corrected chi connectivity index (χ0v) is 9.94. The fourth-order valence-electron chi connectivity index (χ4n) is 1.41. The Balaban J connectivity index is 3.25. The maximum atomic E-state index is 5.21. The zero-order chi connectivity index (χ0) is 12.1. The van der Waals surface area contributed by atoms with Gasteiger partial charge in [-0.2, -0.15) is 0 Å². The summed E-state index contributed by atoms with van der Waals surface area (Å²) in [6, 6.07) is 3.61. The van der Waals surface area contributed by atoms with E-state index in [1.54, 1.807) is 33.5 Å². The third-order valence-corrected chi connectivity index (χ3v) is 2.36. The van der Waals surface area contributed by atoms with Crippen molar-refractivity contribution in [2.75, 3.05) is 21.3 Å². The molecule has 16 heavy (non-hydrogen) atoms. The van der Waals surface area contributed by atoms with Gasteiger partial charge in [-0.3, -0.25) is 4.84 Å². The van der Waals surface area contributed by atoms with Crippen LogP contribution in [0.1, 0.15) is 18.6 Å². The summed E-state index contributed by atoms with van der Waals surface area (Å²) in [5, 5.41) is 0. The molecule has 0 bridgehead atoms. The molecule has 0 aliphatic heterocycles. The summed E-state index contributed by atoms with van der Waals surface area (Å²) in [5.41, 5.74) is 0.858. The molecule has 1 atom stereocenters. The van der Waals surface area contributed by atoms with Gasteiger partial charge in [0.1, 0.15) is 6.10 Å². The van der Waals surface area contributed by atoms with Gasteiger partial charge in [0.2, 0.25) is 5.75 Å². The van der Waals surface area contributed by atoms with Gasteiger partial charge in [0, 0.05) is 0 Å². The van der Waals surface area contributed by atoms with Crippen LogP contribution in [0.25, 0.3) is 0 Å². The average molecular weight is 227 g/mol. The Morgan fingerprint density at radius 1 is 1.00 bits per heavy atom. The lowest BCUT2D eigenvalue weighted by atomic mass is 10.1. The minimum atomic E-state index is -0.242. The first-order valence-electron chi connectivity index (χ1n) is 4.83. The summed E-state index contributed by atoms with van der Waals surface area (Å²) >= 11 is 0. The Kier molecular flexibility index (Phi) is 4.39. The normalized spacial score (nSPS) is 12.1. The van der Waals surface area contributed by atoms with Crippen LogP contribution in [0.15, 0.2) is 12.1 Å². The van der Waals surface area contributed by atoms with Crippen LogP contribution in [0.5, 0.6) is 17.2 Å². The van der Waals surface area contributed by atoms with Crippen molar-refractivity contribution >= 4 is 0 Å². The van der Waals surface area contributed by atoms with Crippen LogP contribution in [0, 0.1) is 0 Å². The Morgan fingerprint density at radius 2 is 1.50 bits per heavy atom. The number of benzene rings is 1. The lowest BCUT2D eigenvalue weighted by Gasteiger charge is -2.16. The smallest absolute Gasteiger partial charge is 0.203 e. The Morgan fingerprint density at radius 3 is 1.81 bits per heavy atom. The van der Waals surface area contributed by atoms with Crippen molar-refractivity contribution in [3.63, 3.8) is 0 Å². The van der Waals surface area contributed by atoms with E-state index in [2.05, 4.69) is 0 Å². The van der Waals surface area contributed by atoms with E-state index in [-0.39, 0.29) is 6.10 Å². The van der Waals surface area contributed by atoms with Crippen molar-refractivity contribution in [3.05, 3.63) is 17.7 Å². The molecule has 0 aromatic heterocycles. The van der Waals surface area contributed by atoms with Gasteiger partial charge in [-0.15, -0.1) is 0 Å². The SMILES string of the molecule is COc1cc(C(C)ON)cc(OC)c1OC. The molecule has 1 unspecified atom stereocenters. The van der Waals surface area contributed by atoms with Gasteiger partial charge in [-0.1, -0.05) is 0 Å². The van der Waals surface area contributed by atoms with E-state index in [9.17, 15) is 0 Å². The fourth-order valence-corrected chi connectivity index (χ4v) is 1.41. The lowest BCUT2D eigenvalue weighted by molar-refractivity contribution is 0.0660. The molecule has 1 aromatic rings. The van der Waals surface area contributed by atoms with Gasteiger partial charge in [-0.05, 0) is 24.6 Å². The summed E-state index contributed by atoms with van der Waals surface area (Å²) in [7, 11) is 4.69. The van der Waals surface area contributed by atoms with E-state index in [1.807, 2.05) is 6.92 Å². The summed E-state index contributed by atoms with van der Waals surface area (Å²) in [5.74, 6) is 6.87. The molecule has 0 heterocycles. The molecule has 1 rings (SSSR count). The van der Waals surface area contributed by atoms with Gasteiger partial charge in [-0.25, -0.2) is 5.90 Å². The van der Waals surface area contributed by atoms with Gasteiger partial charge in [0.15, 0.2) is 11.5 Å². The third-order valence-electron chi connectivity index (χ3n) is 2.36. The maximum absolute atomic E-state index is 5.21. The standard InChI is InChI=1S/C11H17NO4/c1-7(16-12)8-5-9(13-2)11(15-4)10(6-8)14-3/h5-7H,12H2,1-4H3. The molecule has 5 nitrogen and oxygen atoms in total. The minimum Gasteiger partial charge on any atom is -0.493 e. The molecule has 1 aromatic carbocycles. The highest BCUT2D eigenvalue weighted by Crippen LogP contribution is 2.39. The Labute approximate surface area is 95.0 Å². The maximum Gasteiger partial charge on any atom is 0.203 e. The number of ether oxygens (including phenoxy) is 3. The first-order chi connectivity index (χ1) is 7.67. The van der Waals surface area contributed by atoms with Crippen LogP contribution in [-0.2, 0) is 4.84 Å². The molecule has 0 aliphatic rings. The number of hydrogen-bond acceptors (Lipinski definition) is 5. The van der Waals surface area contributed by atoms with Gasteiger partial charge >= 0.3 is 0 Å². The van der Waals surface area contributed by atoms with Crippen LogP contribution in [0.2, 0.25) is 0 Å². The largest absolute Gasteiger partial charge is 0.493 e. The van der Waals surface area contributed by atoms with E-state index < -0.39 is 0 Å². The van der Waals surface area contributed by atoms with Gasteiger partial charge in [0.25, 0.3) is 0 Å². The molecule has 0 aliphatic carbocycles. The van der Waals surface area contributed by atoms with Crippen LogP contribution in [-0.4, -0.2) is 21.3 Å². The van der Waals surface area contributed by atoms with Crippen LogP contribution >= 0.6 is 0 Å². The quantitative estimate of drug-likeness (QED) is 0.775. The second-order valence-corrected chi connectivity index (χ2v) is 3.24. The molecule has 2 N–H and O–H groups in total. The molecular formula is C11H17NO4. The molecular weight excluding hydrogens is 210 g/mol. The minimum absolute atomic E-state index is 0.242. The number of rotatable bonds is 5. The van der Waals surface area contributed by atoms with Crippen LogP contribution in [0.4, 0.5) is 0 Å². The second-order valence-electron chi connectivity index (χ2n) is 3.24. The number of hydrogen-bond donors (Lipinski definition) is 1. The number of nitrogens with two attached hydrogens (primary N) is 1. The van der Waals surface area contributed by atoms with Crippen molar-refractivity contribution in [3.8, 4) is 17.2 Å². The lowest BCUT2D eigenvalue weighted by Crippen LogP contribution is -2.06. The molecule has 5 heteroatoms. The summed E-state index contributed by atoms with van der Waals surface area (Å²) in [4.78, 5) is 4.76. The van der Waals surface area contributed by atoms with E-state index in [1.165, 1.54) is 0 Å². The molecule has 0 spiro atoms. The van der Waals surface area contributed by atoms with Crippen molar-refractivity contribution in [1.82, 2.24) is 0 Å². The highest BCUT2D eigenvalue weighted by molar-refractivity contribution is 5.54. The van der Waals surface area contributed by atoms with E-state index in [0.29, 0.717) is 17.2 Å². The van der Waals surface area contributed by atoms with E-state index >= 15 is 0 Å². The van der Waals surface area contributed by atoms with Crippen LogP contribution < -0.4 is 20.1 Å². The van der Waals surface area contributed by atoms with Crippen molar-refractivity contribution in [1.29, 1.82) is 0 Å². The van der Waals surface area contributed by atoms with Crippen molar-refractivity contribution in [2.24, 2.45) is 5.90 Å². The van der Waals surface area contributed by atoms with E-state index in [4.69, 9.17) is 24.9 Å². The summed E-state index contributed by atoms with van der Waals surface area (Å²) < 4.78 is 15.6. The Bertz CT molecular complexity index is 329. The molecule has 0 radical (unpaired) electrons. The topological polar surface area (TPSA) is 62.9 Å². The Hall–Kier alpha value is -1.46. The molecule has 90 valence electrons. The monoisotopic (exact) mass is 227 g/mol.